The number of nitrogens with one attached hydrogen (secondary N) is 3. The van der Waals surface area contributed by atoms with Crippen LogP contribution in [0, 0.1) is 11.3 Å². The minimum Gasteiger partial charge on any atom is -0.355 e. The van der Waals surface area contributed by atoms with Gasteiger partial charge in [0.05, 0.1) is 0 Å². The van der Waals surface area contributed by atoms with Crippen LogP contribution in [0.4, 0.5) is 0 Å². The number of rotatable bonds is 5. The Morgan fingerprint density at radius 2 is 1.65 bits per heavy atom. The van der Waals surface area contributed by atoms with E-state index in [2.05, 4.69) is 20.9 Å². The Hall–Kier alpha value is -1.06. The maximum atomic E-state index is 12.0. The Bertz CT molecular complexity index is 480. The van der Waals surface area contributed by atoms with Crippen LogP contribution in [0.2, 0.25) is 0 Å². The second-order valence-electron chi connectivity index (χ2n) is 7.90. The van der Waals surface area contributed by atoms with Crippen LogP contribution in [0.5, 0.6) is 0 Å². The first-order valence-corrected chi connectivity index (χ1v) is 9.19. The van der Waals surface area contributed by atoms with Gasteiger partial charge < -0.3 is 20.9 Å². The topological polar surface area (TPSA) is 85.8 Å². The molecule has 1 heterocycles. The summed E-state index contributed by atoms with van der Waals surface area (Å²) in [5.74, 6) is 1.07. The first kappa shape index (κ1) is 24.9. The van der Waals surface area contributed by atoms with Crippen molar-refractivity contribution in [1.29, 1.82) is 0 Å². The molecule has 0 aromatic rings. The van der Waals surface area contributed by atoms with Gasteiger partial charge in [-0.05, 0) is 12.8 Å². The summed E-state index contributed by atoms with van der Waals surface area (Å²) < 4.78 is 0. The van der Waals surface area contributed by atoms with Crippen LogP contribution in [0.15, 0.2) is 4.99 Å². The summed E-state index contributed by atoms with van der Waals surface area (Å²) in [6.45, 7) is 12.3. The molecular formula is C18H36IN5O2. The molecule has 1 rings (SSSR count). The van der Waals surface area contributed by atoms with Crippen LogP contribution in [0.1, 0.15) is 47.5 Å². The molecular weight excluding hydrogens is 445 g/mol. The molecule has 0 aromatic carbocycles. The predicted octanol–water partition coefficient (Wildman–Crippen LogP) is 1.58. The van der Waals surface area contributed by atoms with Crippen molar-refractivity contribution in [2.75, 3.05) is 33.2 Å². The van der Waals surface area contributed by atoms with E-state index in [1.165, 1.54) is 0 Å². The van der Waals surface area contributed by atoms with Crippen molar-refractivity contribution in [3.8, 4) is 0 Å². The maximum absolute atomic E-state index is 12.0. The number of amides is 2. The van der Waals surface area contributed by atoms with E-state index in [9.17, 15) is 9.59 Å². The zero-order chi connectivity index (χ0) is 19.0. The molecule has 0 bridgehead atoms. The number of carbonyl (C=O) groups is 2. The summed E-state index contributed by atoms with van der Waals surface area (Å²) in [5.41, 5.74) is -0.374. The summed E-state index contributed by atoms with van der Waals surface area (Å²) in [6, 6.07) is 0.312. The highest BCUT2D eigenvalue weighted by Gasteiger charge is 2.24. The zero-order valence-corrected chi connectivity index (χ0v) is 19.3. The van der Waals surface area contributed by atoms with Gasteiger partial charge in [-0.3, -0.25) is 14.6 Å². The van der Waals surface area contributed by atoms with Gasteiger partial charge in [0.15, 0.2) is 5.96 Å². The highest BCUT2D eigenvalue weighted by atomic mass is 127. The van der Waals surface area contributed by atoms with Crippen molar-refractivity contribution in [1.82, 2.24) is 20.9 Å². The molecule has 0 unspecified atom stereocenters. The molecule has 152 valence electrons. The van der Waals surface area contributed by atoms with Crippen LogP contribution in [-0.2, 0) is 9.59 Å². The Kier molecular flexibility index (Phi) is 11.1. The largest absolute Gasteiger partial charge is 0.355 e. The quantitative estimate of drug-likeness (QED) is 0.241. The molecule has 0 aromatic heterocycles. The number of likely N-dealkylation sites (tertiary alicyclic amines) is 1. The first-order valence-electron chi connectivity index (χ1n) is 9.19. The normalized spacial score (nSPS) is 16.1. The lowest BCUT2D eigenvalue weighted by Crippen LogP contribution is -2.51. The van der Waals surface area contributed by atoms with Gasteiger partial charge in [-0.25, -0.2) is 0 Å². The van der Waals surface area contributed by atoms with Gasteiger partial charge in [-0.1, -0.05) is 34.6 Å². The zero-order valence-electron chi connectivity index (χ0n) is 17.0. The van der Waals surface area contributed by atoms with Gasteiger partial charge in [0.25, 0.3) is 0 Å². The summed E-state index contributed by atoms with van der Waals surface area (Å²) in [7, 11) is 1.74. The Morgan fingerprint density at radius 1 is 1.12 bits per heavy atom. The van der Waals surface area contributed by atoms with Gasteiger partial charge in [-0.15, -0.1) is 24.0 Å². The van der Waals surface area contributed by atoms with Crippen LogP contribution in [-0.4, -0.2) is 61.9 Å². The lowest BCUT2D eigenvalue weighted by Gasteiger charge is -2.34. The third-order valence-corrected chi connectivity index (χ3v) is 4.25. The number of hydrogen-bond donors (Lipinski definition) is 3. The number of carbonyl (C=O) groups excluding carboxylic acids is 2. The summed E-state index contributed by atoms with van der Waals surface area (Å²) in [4.78, 5) is 30.0. The second-order valence-corrected chi connectivity index (χ2v) is 7.90. The molecule has 3 N–H and O–H groups in total. The Labute approximate surface area is 175 Å². The first-order chi connectivity index (χ1) is 11.6. The average Bonchev–Trinajstić information content (AvgIpc) is 2.56. The molecule has 0 saturated carbocycles. The van der Waals surface area contributed by atoms with Crippen molar-refractivity contribution < 1.29 is 9.59 Å². The van der Waals surface area contributed by atoms with Gasteiger partial charge in [-0.2, -0.15) is 0 Å². The van der Waals surface area contributed by atoms with E-state index in [1.54, 1.807) is 7.05 Å². The number of halogens is 1. The molecule has 1 fully saturated rings. The van der Waals surface area contributed by atoms with Crippen LogP contribution >= 0.6 is 24.0 Å². The Morgan fingerprint density at radius 3 is 2.12 bits per heavy atom. The fourth-order valence-corrected chi connectivity index (χ4v) is 2.62. The summed E-state index contributed by atoms with van der Waals surface area (Å²) in [6.07, 6.45) is 1.83. The third kappa shape index (κ3) is 8.55. The van der Waals surface area contributed by atoms with Gasteiger partial charge in [0, 0.05) is 50.6 Å². The molecule has 1 aliphatic heterocycles. The van der Waals surface area contributed by atoms with Crippen molar-refractivity contribution in [2.45, 2.75) is 53.5 Å². The van der Waals surface area contributed by atoms with Gasteiger partial charge >= 0.3 is 0 Å². The van der Waals surface area contributed by atoms with Crippen LogP contribution < -0.4 is 16.0 Å². The fraction of sp³-hybridized carbons (Fsp3) is 0.833. The van der Waals surface area contributed by atoms with Crippen LogP contribution in [0.3, 0.4) is 0 Å². The van der Waals surface area contributed by atoms with Crippen molar-refractivity contribution in [3.63, 3.8) is 0 Å². The number of guanidine groups is 1. The predicted molar refractivity (Wildman–Crippen MR) is 117 cm³/mol. The molecule has 7 nitrogen and oxygen atoms in total. The van der Waals surface area contributed by atoms with E-state index in [4.69, 9.17) is 0 Å². The molecule has 1 saturated heterocycles. The molecule has 1 aliphatic rings. The molecule has 0 aliphatic carbocycles. The van der Waals surface area contributed by atoms with E-state index in [1.807, 2.05) is 39.5 Å². The number of nitrogens with zero attached hydrogens (tertiary/aromatic N) is 2. The minimum atomic E-state index is -0.374. The average molecular weight is 481 g/mol. The lowest BCUT2D eigenvalue weighted by atomic mass is 9.96. The van der Waals surface area contributed by atoms with Gasteiger partial charge in [0.1, 0.15) is 0 Å². The van der Waals surface area contributed by atoms with E-state index in [-0.39, 0.29) is 47.1 Å². The minimum absolute atomic E-state index is 0. The van der Waals surface area contributed by atoms with Crippen molar-refractivity contribution in [3.05, 3.63) is 0 Å². The summed E-state index contributed by atoms with van der Waals surface area (Å²) >= 11 is 0. The lowest BCUT2D eigenvalue weighted by molar-refractivity contribution is -0.135. The molecule has 0 atom stereocenters. The number of hydrogen-bond acceptors (Lipinski definition) is 3. The van der Waals surface area contributed by atoms with Crippen molar-refractivity contribution in [2.24, 2.45) is 16.3 Å². The molecule has 0 spiro atoms. The standard InChI is InChI=1S/C18H35N5O2.HI/c1-13(2)15(24)23-11-7-14(8-12-23)22-17(19-6)21-10-9-20-16(25)18(3,4)5;/h13-14H,7-12H2,1-6H3,(H,20,25)(H2,19,21,22);1H. The van der Waals surface area contributed by atoms with E-state index in [0.717, 1.165) is 31.9 Å². The Balaban J connectivity index is 0.00000625. The van der Waals surface area contributed by atoms with E-state index in [0.29, 0.717) is 19.1 Å². The molecule has 26 heavy (non-hydrogen) atoms. The highest BCUT2D eigenvalue weighted by molar-refractivity contribution is 14.0. The number of piperidine rings is 1. The van der Waals surface area contributed by atoms with E-state index < -0.39 is 0 Å². The summed E-state index contributed by atoms with van der Waals surface area (Å²) in [5, 5.41) is 9.53. The monoisotopic (exact) mass is 481 g/mol. The molecule has 0 radical (unpaired) electrons. The third-order valence-electron chi connectivity index (χ3n) is 4.25. The van der Waals surface area contributed by atoms with Gasteiger partial charge in [0.2, 0.25) is 11.8 Å². The van der Waals surface area contributed by atoms with Crippen LogP contribution in [0.25, 0.3) is 0 Å². The van der Waals surface area contributed by atoms with E-state index >= 15 is 0 Å². The number of aliphatic imine (C=N–C) groups is 1. The second kappa shape index (κ2) is 11.6. The maximum Gasteiger partial charge on any atom is 0.225 e. The van der Waals surface area contributed by atoms with Crippen molar-refractivity contribution >= 4 is 41.8 Å². The SMILES string of the molecule is CN=C(NCCNC(=O)C(C)(C)C)NC1CCN(C(=O)C(C)C)CC1.I. The highest BCUT2D eigenvalue weighted by Crippen LogP contribution is 2.13. The smallest absolute Gasteiger partial charge is 0.225 e. The fourth-order valence-electron chi connectivity index (χ4n) is 2.62. The molecule has 8 heteroatoms. The molecule has 2 amide bonds.